The molecule has 2 rings (SSSR count). The van der Waals surface area contributed by atoms with Crippen molar-refractivity contribution in [3.05, 3.63) is 47.5 Å². The molecule has 2 aromatic carbocycles. The Kier molecular flexibility index (Phi) is 5.25. The summed E-state index contributed by atoms with van der Waals surface area (Å²) < 4.78 is 15.9. The van der Waals surface area contributed by atoms with Crippen molar-refractivity contribution in [3.8, 4) is 17.2 Å². The Balaban J connectivity index is 2.20. The Morgan fingerprint density at radius 1 is 0.955 bits per heavy atom. The average molecular weight is 300 g/mol. The molecule has 0 bridgehead atoms. The minimum Gasteiger partial charge on any atom is -0.493 e. The van der Waals surface area contributed by atoms with E-state index in [1.807, 2.05) is 43.3 Å². The van der Waals surface area contributed by atoms with E-state index in [0.717, 1.165) is 11.3 Å². The maximum Gasteiger partial charge on any atom is 0.203 e. The van der Waals surface area contributed by atoms with Crippen LogP contribution in [0.4, 0.5) is 5.69 Å². The van der Waals surface area contributed by atoms with Gasteiger partial charge in [0.1, 0.15) is 0 Å². The van der Waals surface area contributed by atoms with Crippen LogP contribution in [-0.4, -0.2) is 27.5 Å². The monoisotopic (exact) mass is 300 g/mol. The summed E-state index contributed by atoms with van der Waals surface area (Å²) in [7, 11) is 4.75. The minimum absolute atomic E-state index is 0.564. The van der Waals surface area contributed by atoms with Crippen LogP contribution in [0.5, 0.6) is 17.2 Å². The van der Waals surface area contributed by atoms with Gasteiger partial charge in [-0.2, -0.15) is 5.10 Å². The highest BCUT2D eigenvalue weighted by molar-refractivity contribution is 5.83. The summed E-state index contributed by atoms with van der Waals surface area (Å²) in [6.07, 6.45) is 1.70. The van der Waals surface area contributed by atoms with Crippen molar-refractivity contribution < 1.29 is 14.2 Å². The van der Waals surface area contributed by atoms with Gasteiger partial charge in [-0.3, -0.25) is 5.43 Å². The molecule has 0 unspecified atom stereocenters. The fourth-order valence-electron chi connectivity index (χ4n) is 2.07. The smallest absolute Gasteiger partial charge is 0.203 e. The number of ether oxygens (including phenoxy) is 3. The van der Waals surface area contributed by atoms with E-state index in [4.69, 9.17) is 14.2 Å². The highest BCUT2D eigenvalue weighted by Crippen LogP contribution is 2.37. The third kappa shape index (κ3) is 3.69. The lowest BCUT2D eigenvalue weighted by Crippen LogP contribution is -1.97. The van der Waals surface area contributed by atoms with E-state index < -0.39 is 0 Å². The molecule has 0 aromatic heterocycles. The lowest BCUT2D eigenvalue weighted by Gasteiger charge is -2.12. The third-order valence-electron chi connectivity index (χ3n) is 3.11. The minimum atomic E-state index is 0.564. The number of nitrogens with zero attached hydrogens (tertiary/aromatic N) is 1. The largest absolute Gasteiger partial charge is 0.493 e. The second kappa shape index (κ2) is 7.36. The number of hydrogen-bond acceptors (Lipinski definition) is 5. The van der Waals surface area contributed by atoms with E-state index in [9.17, 15) is 0 Å². The van der Waals surface area contributed by atoms with Gasteiger partial charge in [0.15, 0.2) is 11.5 Å². The van der Waals surface area contributed by atoms with Crippen molar-refractivity contribution in [3.63, 3.8) is 0 Å². The Morgan fingerprint density at radius 3 is 2.18 bits per heavy atom. The molecule has 0 aliphatic carbocycles. The zero-order valence-electron chi connectivity index (χ0n) is 13.2. The zero-order chi connectivity index (χ0) is 15.9. The summed E-state index contributed by atoms with van der Waals surface area (Å²) in [4.78, 5) is 0. The predicted octanol–water partition coefficient (Wildman–Crippen LogP) is 3.47. The topological polar surface area (TPSA) is 52.1 Å². The number of rotatable bonds is 6. The maximum absolute atomic E-state index is 5.31. The van der Waals surface area contributed by atoms with E-state index in [1.54, 1.807) is 27.5 Å². The first-order valence-electron chi connectivity index (χ1n) is 6.83. The molecule has 0 heterocycles. The van der Waals surface area contributed by atoms with Crippen LogP contribution in [0, 0.1) is 6.92 Å². The van der Waals surface area contributed by atoms with Gasteiger partial charge in [0.25, 0.3) is 0 Å². The highest BCUT2D eigenvalue weighted by atomic mass is 16.5. The van der Waals surface area contributed by atoms with Crippen LogP contribution in [0.15, 0.2) is 41.5 Å². The first-order chi connectivity index (χ1) is 10.7. The molecular weight excluding hydrogens is 280 g/mol. The number of nitrogens with one attached hydrogen (secondary N) is 1. The summed E-state index contributed by atoms with van der Waals surface area (Å²) in [6, 6.07) is 11.7. The van der Waals surface area contributed by atoms with Gasteiger partial charge in [0, 0.05) is 5.56 Å². The molecule has 22 heavy (non-hydrogen) atoms. The number of benzene rings is 2. The van der Waals surface area contributed by atoms with Gasteiger partial charge in [0.2, 0.25) is 5.75 Å². The molecule has 0 atom stereocenters. The fraction of sp³-hybridized carbons (Fsp3) is 0.235. The zero-order valence-corrected chi connectivity index (χ0v) is 13.2. The molecule has 1 N–H and O–H groups in total. The predicted molar refractivity (Wildman–Crippen MR) is 88.5 cm³/mol. The Hall–Kier alpha value is -2.69. The Labute approximate surface area is 130 Å². The average Bonchev–Trinajstić information content (AvgIpc) is 2.53. The van der Waals surface area contributed by atoms with Gasteiger partial charge >= 0.3 is 0 Å². The van der Waals surface area contributed by atoms with Gasteiger partial charge in [-0.1, -0.05) is 12.1 Å². The molecule has 0 spiro atoms. The molecule has 0 saturated heterocycles. The van der Waals surface area contributed by atoms with E-state index in [-0.39, 0.29) is 0 Å². The van der Waals surface area contributed by atoms with Crippen LogP contribution in [0.1, 0.15) is 11.1 Å². The standard InChI is InChI=1S/C17H20N2O3/c1-12-6-5-7-14(8-12)19-18-11-13-9-15(20-2)17(22-4)16(10-13)21-3/h5-11,19H,1-4H3/b18-11+. The quantitative estimate of drug-likeness (QED) is 0.655. The van der Waals surface area contributed by atoms with Gasteiger partial charge in [-0.15, -0.1) is 0 Å². The molecule has 0 aliphatic heterocycles. The SMILES string of the molecule is COc1cc(/C=N/Nc2cccc(C)c2)cc(OC)c1OC. The molecule has 0 saturated carbocycles. The number of hydrogen-bond donors (Lipinski definition) is 1. The lowest BCUT2D eigenvalue weighted by atomic mass is 10.2. The molecule has 0 radical (unpaired) electrons. The van der Waals surface area contributed by atoms with Crippen molar-refractivity contribution in [2.75, 3.05) is 26.8 Å². The van der Waals surface area contributed by atoms with Gasteiger partial charge < -0.3 is 14.2 Å². The number of anilines is 1. The molecule has 5 heteroatoms. The number of hydrazone groups is 1. The first-order valence-corrected chi connectivity index (χ1v) is 6.83. The fourth-order valence-corrected chi connectivity index (χ4v) is 2.07. The summed E-state index contributed by atoms with van der Waals surface area (Å²) >= 11 is 0. The summed E-state index contributed by atoms with van der Waals surface area (Å²) in [5.41, 5.74) is 5.94. The second-order valence-electron chi connectivity index (χ2n) is 4.70. The number of aryl methyl sites for hydroxylation is 1. The maximum atomic E-state index is 5.31. The van der Waals surface area contributed by atoms with Gasteiger partial charge in [0.05, 0.1) is 33.2 Å². The van der Waals surface area contributed by atoms with Crippen molar-refractivity contribution in [2.45, 2.75) is 6.92 Å². The van der Waals surface area contributed by atoms with Crippen LogP contribution >= 0.6 is 0 Å². The van der Waals surface area contributed by atoms with Crippen LogP contribution in [-0.2, 0) is 0 Å². The summed E-state index contributed by atoms with van der Waals surface area (Å²) in [5.74, 6) is 1.76. The Bertz CT molecular complexity index is 644. The lowest BCUT2D eigenvalue weighted by molar-refractivity contribution is 0.324. The molecule has 0 amide bonds. The summed E-state index contributed by atoms with van der Waals surface area (Å²) in [6.45, 7) is 2.04. The van der Waals surface area contributed by atoms with Crippen LogP contribution in [0.2, 0.25) is 0 Å². The molecule has 5 nitrogen and oxygen atoms in total. The second-order valence-corrected chi connectivity index (χ2v) is 4.70. The molecule has 0 fully saturated rings. The van der Waals surface area contributed by atoms with Crippen molar-refractivity contribution in [1.29, 1.82) is 0 Å². The van der Waals surface area contributed by atoms with E-state index in [2.05, 4.69) is 10.5 Å². The molecule has 0 aliphatic rings. The van der Waals surface area contributed by atoms with Crippen LogP contribution < -0.4 is 19.6 Å². The third-order valence-corrected chi connectivity index (χ3v) is 3.11. The highest BCUT2D eigenvalue weighted by Gasteiger charge is 2.12. The normalized spacial score (nSPS) is 10.5. The summed E-state index contributed by atoms with van der Waals surface area (Å²) in [5, 5.41) is 4.23. The van der Waals surface area contributed by atoms with E-state index in [1.165, 1.54) is 5.56 Å². The molecule has 2 aromatic rings. The number of methoxy groups -OCH3 is 3. The van der Waals surface area contributed by atoms with Crippen LogP contribution in [0.25, 0.3) is 0 Å². The molecule has 116 valence electrons. The van der Waals surface area contributed by atoms with Crippen molar-refractivity contribution >= 4 is 11.9 Å². The van der Waals surface area contributed by atoms with Crippen molar-refractivity contribution in [1.82, 2.24) is 0 Å². The van der Waals surface area contributed by atoms with Gasteiger partial charge in [-0.25, -0.2) is 0 Å². The van der Waals surface area contributed by atoms with E-state index >= 15 is 0 Å². The van der Waals surface area contributed by atoms with E-state index in [0.29, 0.717) is 17.2 Å². The first kappa shape index (κ1) is 15.7. The van der Waals surface area contributed by atoms with Crippen LogP contribution in [0.3, 0.4) is 0 Å². The van der Waals surface area contributed by atoms with Gasteiger partial charge in [-0.05, 0) is 36.8 Å². The van der Waals surface area contributed by atoms with Crippen molar-refractivity contribution in [2.24, 2.45) is 5.10 Å². The Morgan fingerprint density at radius 2 is 1.64 bits per heavy atom. The molecular formula is C17H20N2O3.